The number of ether oxygens (including phenoxy) is 1. The molecule has 0 radical (unpaired) electrons. The normalized spacial score (nSPS) is 11.1. The Labute approximate surface area is 176 Å². The minimum Gasteiger partial charge on any atom is -0.505 e. The number of para-hydroxylation sites is 1. The number of phenols is 1. The predicted octanol–water partition coefficient (Wildman–Crippen LogP) is 7.10. The maximum absolute atomic E-state index is 11.5. The summed E-state index contributed by atoms with van der Waals surface area (Å²) in [5.41, 5.74) is 0.126. The molecular weight excluding hydrogens is 404 g/mol. The van der Waals surface area contributed by atoms with E-state index < -0.39 is 11.7 Å². The third-order valence-electron chi connectivity index (χ3n) is 4.38. The first kappa shape index (κ1) is 19.4. The summed E-state index contributed by atoms with van der Waals surface area (Å²) in [6, 6.07) is 22.5. The van der Waals surface area contributed by atoms with Crippen molar-refractivity contribution >= 4 is 39.7 Å². The first-order valence-electron chi connectivity index (χ1n) is 8.95. The smallest absolute Gasteiger partial charge is 0.339 e. The van der Waals surface area contributed by atoms with Crippen LogP contribution in [0.3, 0.4) is 0 Å². The number of azo groups is 1. The first-order valence-corrected chi connectivity index (χ1v) is 9.33. The third kappa shape index (κ3) is 3.94. The molecule has 0 aliphatic carbocycles. The fourth-order valence-corrected chi connectivity index (χ4v) is 3.12. The number of carboxylic acids is 1. The number of hydrogen-bond donors (Lipinski definition) is 2. The lowest BCUT2D eigenvalue weighted by Gasteiger charge is -2.09. The van der Waals surface area contributed by atoms with Crippen LogP contribution in [0.25, 0.3) is 10.8 Å². The second-order valence-corrected chi connectivity index (χ2v) is 6.81. The molecule has 0 aliphatic heterocycles. The summed E-state index contributed by atoms with van der Waals surface area (Å²) in [4.78, 5) is 11.5. The lowest BCUT2D eigenvalue weighted by Crippen LogP contribution is -1.97. The van der Waals surface area contributed by atoms with Crippen molar-refractivity contribution in [2.24, 2.45) is 10.2 Å². The van der Waals surface area contributed by atoms with E-state index in [1.54, 1.807) is 54.6 Å². The average molecular weight is 419 g/mol. The summed E-state index contributed by atoms with van der Waals surface area (Å²) in [7, 11) is 0. The van der Waals surface area contributed by atoms with E-state index >= 15 is 0 Å². The highest BCUT2D eigenvalue weighted by molar-refractivity contribution is 6.30. The number of aromatic carboxylic acids is 1. The zero-order chi connectivity index (χ0) is 21.1. The molecule has 0 unspecified atom stereocenters. The summed E-state index contributed by atoms with van der Waals surface area (Å²) in [6.45, 7) is 0. The molecule has 2 N–H and O–H groups in total. The lowest BCUT2D eigenvalue weighted by atomic mass is 10.0. The fraction of sp³-hybridized carbons (Fsp3) is 0. The lowest BCUT2D eigenvalue weighted by molar-refractivity contribution is 0.0694. The minimum atomic E-state index is -1.26. The summed E-state index contributed by atoms with van der Waals surface area (Å²) in [5.74, 6) is -0.701. The molecule has 0 saturated carbocycles. The van der Waals surface area contributed by atoms with Gasteiger partial charge in [0.25, 0.3) is 0 Å². The monoisotopic (exact) mass is 418 g/mol. The number of rotatable bonds is 5. The van der Waals surface area contributed by atoms with Gasteiger partial charge < -0.3 is 14.9 Å². The van der Waals surface area contributed by atoms with Gasteiger partial charge in [0.05, 0.1) is 0 Å². The van der Waals surface area contributed by atoms with Crippen LogP contribution in [0.5, 0.6) is 17.2 Å². The first-order chi connectivity index (χ1) is 14.5. The standard InChI is InChI=1S/C23H15ClN2O4/c24-15-10-11-20(30-16-7-2-1-3-8-16)19(13-15)25-26-21-17-9-5-4-6-14(17)12-18(22(21)27)23(28)29/h1-13,27H,(H,28,29). The summed E-state index contributed by atoms with van der Waals surface area (Å²) >= 11 is 6.11. The van der Waals surface area contributed by atoms with E-state index in [1.165, 1.54) is 6.07 Å². The number of nitrogens with zero attached hydrogens (tertiary/aromatic N) is 2. The molecule has 4 aromatic carbocycles. The van der Waals surface area contributed by atoms with Crippen LogP contribution in [0.15, 0.2) is 89.1 Å². The van der Waals surface area contributed by atoms with Crippen LogP contribution < -0.4 is 4.74 Å². The van der Waals surface area contributed by atoms with E-state index in [1.807, 2.05) is 18.2 Å². The van der Waals surface area contributed by atoms with Gasteiger partial charge in [-0.25, -0.2) is 4.79 Å². The van der Waals surface area contributed by atoms with Gasteiger partial charge in [0, 0.05) is 10.4 Å². The van der Waals surface area contributed by atoms with E-state index in [9.17, 15) is 15.0 Å². The maximum Gasteiger partial charge on any atom is 0.339 e. The molecule has 0 amide bonds. The van der Waals surface area contributed by atoms with Crippen molar-refractivity contribution in [2.75, 3.05) is 0 Å². The Bertz CT molecular complexity index is 1270. The quantitative estimate of drug-likeness (QED) is 0.338. The van der Waals surface area contributed by atoms with Crippen LogP contribution in [0.1, 0.15) is 10.4 Å². The van der Waals surface area contributed by atoms with Gasteiger partial charge in [-0.1, -0.05) is 54.1 Å². The highest BCUT2D eigenvalue weighted by Crippen LogP contribution is 2.41. The molecule has 0 atom stereocenters. The molecule has 0 spiro atoms. The van der Waals surface area contributed by atoms with Crippen LogP contribution in [-0.4, -0.2) is 16.2 Å². The second kappa shape index (κ2) is 8.23. The predicted molar refractivity (Wildman–Crippen MR) is 115 cm³/mol. The van der Waals surface area contributed by atoms with Crippen LogP contribution in [0, 0.1) is 0 Å². The Kier molecular flexibility index (Phi) is 5.32. The van der Waals surface area contributed by atoms with Crippen LogP contribution in [-0.2, 0) is 0 Å². The minimum absolute atomic E-state index is 0.0520. The van der Waals surface area contributed by atoms with Crippen molar-refractivity contribution in [2.45, 2.75) is 0 Å². The van der Waals surface area contributed by atoms with Gasteiger partial charge >= 0.3 is 5.97 Å². The summed E-state index contributed by atoms with van der Waals surface area (Å²) in [6.07, 6.45) is 0. The van der Waals surface area contributed by atoms with E-state index in [-0.39, 0.29) is 11.3 Å². The Morgan fingerprint density at radius 3 is 2.40 bits per heavy atom. The van der Waals surface area contributed by atoms with Crippen molar-refractivity contribution in [3.05, 3.63) is 89.4 Å². The number of carboxylic acid groups (broad SMARTS) is 1. The van der Waals surface area contributed by atoms with E-state index in [0.29, 0.717) is 33.0 Å². The Morgan fingerprint density at radius 2 is 1.63 bits per heavy atom. The maximum atomic E-state index is 11.5. The Hall–Kier alpha value is -3.90. The number of carbonyl (C=O) groups is 1. The molecule has 4 rings (SSSR count). The Morgan fingerprint density at radius 1 is 0.900 bits per heavy atom. The van der Waals surface area contributed by atoms with E-state index in [0.717, 1.165) is 0 Å². The zero-order valence-electron chi connectivity index (χ0n) is 15.5. The third-order valence-corrected chi connectivity index (χ3v) is 4.61. The summed E-state index contributed by atoms with van der Waals surface area (Å²) < 4.78 is 5.86. The number of hydrogen-bond acceptors (Lipinski definition) is 5. The molecule has 0 saturated heterocycles. The van der Waals surface area contributed by atoms with Crippen molar-refractivity contribution < 1.29 is 19.7 Å². The number of aromatic hydroxyl groups is 1. The number of benzene rings is 4. The molecule has 0 aromatic heterocycles. The van der Waals surface area contributed by atoms with Crippen molar-refractivity contribution in [1.82, 2.24) is 0 Å². The fourth-order valence-electron chi connectivity index (χ4n) is 2.96. The highest BCUT2D eigenvalue weighted by Gasteiger charge is 2.17. The summed E-state index contributed by atoms with van der Waals surface area (Å²) in [5, 5.41) is 29.9. The van der Waals surface area contributed by atoms with Gasteiger partial charge in [-0.2, -0.15) is 0 Å². The van der Waals surface area contributed by atoms with E-state index in [2.05, 4.69) is 10.2 Å². The molecular formula is C23H15ClN2O4. The second-order valence-electron chi connectivity index (χ2n) is 6.37. The molecule has 0 fully saturated rings. The van der Waals surface area contributed by atoms with Crippen molar-refractivity contribution in [3.8, 4) is 17.2 Å². The topological polar surface area (TPSA) is 91.5 Å². The SMILES string of the molecule is O=C(O)c1cc2ccccc2c(N=Nc2cc(Cl)ccc2Oc2ccccc2)c1O. The highest BCUT2D eigenvalue weighted by atomic mass is 35.5. The molecule has 4 aromatic rings. The molecule has 148 valence electrons. The van der Waals surface area contributed by atoms with Crippen molar-refractivity contribution in [1.29, 1.82) is 0 Å². The molecule has 0 bridgehead atoms. The molecule has 7 heteroatoms. The van der Waals surface area contributed by atoms with Gasteiger partial charge in [0.1, 0.15) is 22.7 Å². The van der Waals surface area contributed by atoms with Gasteiger partial charge in [-0.05, 0) is 41.8 Å². The Balaban J connectivity index is 1.81. The van der Waals surface area contributed by atoms with E-state index in [4.69, 9.17) is 16.3 Å². The molecule has 30 heavy (non-hydrogen) atoms. The number of halogens is 1. The van der Waals surface area contributed by atoms with Crippen LogP contribution >= 0.6 is 11.6 Å². The number of fused-ring (bicyclic) bond motifs is 1. The molecule has 0 aliphatic rings. The molecule has 0 heterocycles. The molecule has 6 nitrogen and oxygen atoms in total. The zero-order valence-corrected chi connectivity index (χ0v) is 16.2. The van der Waals surface area contributed by atoms with Gasteiger partial charge in [0.15, 0.2) is 11.5 Å². The van der Waals surface area contributed by atoms with Crippen molar-refractivity contribution in [3.63, 3.8) is 0 Å². The van der Waals surface area contributed by atoms with Gasteiger partial charge in [-0.3, -0.25) is 0 Å². The van der Waals surface area contributed by atoms with Crippen LogP contribution in [0.2, 0.25) is 5.02 Å². The van der Waals surface area contributed by atoms with Gasteiger partial charge in [0.2, 0.25) is 0 Å². The average Bonchev–Trinajstić information content (AvgIpc) is 2.75. The van der Waals surface area contributed by atoms with Gasteiger partial charge in [-0.15, -0.1) is 10.2 Å². The van der Waals surface area contributed by atoms with Crippen LogP contribution in [0.4, 0.5) is 11.4 Å². The largest absolute Gasteiger partial charge is 0.505 e.